The average molecular weight is 509 g/mol. The Labute approximate surface area is 207 Å². The van der Waals surface area contributed by atoms with E-state index in [1.165, 1.54) is 12.1 Å². The van der Waals surface area contributed by atoms with Gasteiger partial charge in [0.05, 0.1) is 18.0 Å². The molecule has 2 N–H and O–H groups in total. The predicted molar refractivity (Wildman–Crippen MR) is 137 cm³/mol. The van der Waals surface area contributed by atoms with Gasteiger partial charge in [-0.2, -0.15) is 0 Å². The number of hydrogen-bond donors (Lipinski definition) is 2. The summed E-state index contributed by atoms with van der Waals surface area (Å²) in [5, 5.41) is 3.83. The molecule has 2 aromatic carbocycles. The van der Waals surface area contributed by atoms with E-state index in [0.717, 1.165) is 23.2 Å². The molecule has 4 aromatic rings. The summed E-state index contributed by atoms with van der Waals surface area (Å²) < 4.78 is 45.3. The molecule has 1 aliphatic heterocycles. The summed E-state index contributed by atoms with van der Waals surface area (Å²) in [6.45, 7) is 0. The Hall–Kier alpha value is -3.76. The molecule has 2 aromatic heterocycles. The summed E-state index contributed by atoms with van der Waals surface area (Å²) in [7, 11) is -3.39. The molecule has 0 unspecified atom stereocenters. The van der Waals surface area contributed by atoms with Crippen LogP contribution in [0.15, 0.2) is 89.5 Å². The number of thiocarbonyl (C=S) groups is 1. The van der Waals surface area contributed by atoms with Gasteiger partial charge < -0.3 is 14.6 Å². The Bertz CT molecular complexity index is 1460. The maximum atomic E-state index is 13.4. The van der Waals surface area contributed by atoms with Gasteiger partial charge in [-0.25, -0.2) is 12.8 Å². The van der Waals surface area contributed by atoms with E-state index in [2.05, 4.69) is 15.0 Å². The second-order valence-electron chi connectivity index (χ2n) is 8.13. The van der Waals surface area contributed by atoms with E-state index >= 15 is 0 Å². The monoisotopic (exact) mass is 508 g/mol. The van der Waals surface area contributed by atoms with Gasteiger partial charge in [-0.1, -0.05) is 6.07 Å². The molecule has 0 saturated carbocycles. The lowest BCUT2D eigenvalue weighted by Crippen LogP contribution is -2.29. The maximum Gasteiger partial charge on any atom is 0.229 e. The lowest BCUT2D eigenvalue weighted by Gasteiger charge is -2.26. The molecule has 1 fully saturated rings. The number of pyridine rings is 1. The second kappa shape index (κ2) is 9.12. The van der Waals surface area contributed by atoms with Crippen LogP contribution in [-0.4, -0.2) is 24.8 Å². The molecule has 0 aliphatic carbocycles. The summed E-state index contributed by atoms with van der Waals surface area (Å²) in [6, 6.07) is 21.8. The van der Waals surface area contributed by atoms with Crippen LogP contribution in [0.1, 0.15) is 23.5 Å². The Morgan fingerprint density at radius 1 is 1.03 bits per heavy atom. The smallest absolute Gasteiger partial charge is 0.229 e. The molecule has 0 amide bonds. The van der Waals surface area contributed by atoms with Crippen LogP contribution in [-0.2, 0) is 10.0 Å². The number of nitrogens with one attached hydrogen (secondary N) is 2. The number of anilines is 2. The number of aromatic nitrogens is 1. The van der Waals surface area contributed by atoms with E-state index < -0.39 is 10.0 Å². The van der Waals surface area contributed by atoms with Crippen LogP contribution in [0.5, 0.6) is 0 Å². The molecule has 0 bridgehead atoms. The standard InChI is InChI=1S/C25H21FN4O3S2/c1-35(31,32)29-18-9-11-19(12-10-18)30-24(23(28-25(30)34)20-4-2-3-15-27-20)22-14-13-21(33-22)16-5-7-17(26)8-6-16/h2-15,23-24,29H,1H3,(H,28,34)/t23-,24-/m1/s1. The van der Waals surface area contributed by atoms with Crippen molar-refractivity contribution in [2.75, 3.05) is 15.9 Å². The van der Waals surface area contributed by atoms with Crippen LogP contribution in [0, 0.1) is 5.82 Å². The van der Waals surface area contributed by atoms with Gasteiger partial charge in [0.2, 0.25) is 10.0 Å². The molecule has 0 radical (unpaired) electrons. The van der Waals surface area contributed by atoms with Gasteiger partial charge in [-0.3, -0.25) is 9.71 Å². The SMILES string of the molecule is CS(=O)(=O)Nc1ccc(N2C(=S)N[C@H](c3ccccn3)[C@H]2c2ccc(-c3ccc(F)cc3)o2)cc1. The Kier molecular flexibility index (Phi) is 6.00. The van der Waals surface area contributed by atoms with Crippen molar-refractivity contribution in [3.8, 4) is 11.3 Å². The zero-order chi connectivity index (χ0) is 24.6. The highest BCUT2D eigenvalue weighted by atomic mass is 32.2. The van der Waals surface area contributed by atoms with E-state index in [1.54, 1.807) is 42.6 Å². The molecule has 178 valence electrons. The molecule has 0 spiro atoms. The third-order valence-electron chi connectivity index (χ3n) is 5.59. The van der Waals surface area contributed by atoms with Crippen molar-refractivity contribution >= 4 is 38.7 Å². The van der Waals surface area contributed by atoms with Crippen molar-refractivity contribution in [1.82, 2.24) is 10.3 Å². The normalized spacial score (nSPS) is 17.9. The summed E-state index contributed by atoms with van der Waals surface area (Å²) in [4.78, 5) is 6.44. The molecule has 3 heterocycles. The summed E-state index contributed by atoms with van der Waals surface area (Å²) in [5.74, 6) is 0.928. The Morgan fingerprint density at radius 2 is 1.77 bits per heavy atom. The number of sulfonamides is 1. The van der Waals surface area contributed by atoms with Crippen LogP contribution >= 0.6 is 12.2 Å². The first-order valence-electron chi connectivity index (χ1n) is 10.7. The van der Waals surface area contributed by atoms with Gasteiger partial charge in [0.25, 0.3) is 0 Å². The van der Waals surface area contributed by atoms with Crippen molar-refractivity contribution in [2.24, 2.45) is 0 Å². The summed E-state index contributed by atoms with van der Waals surface area (Å²) in [6.07, 6.45) is 2.82. The Morgan fingerprint density at radius 3 is 2.43 bits per heavy atom. The lowest BCUT2D eigenvalue weighted by molar-refractivity contribution is 0.439. The van der Waals surface area contributed by atoms with Gasteiger partial charge in [0.15, 0.2) is 5.11 Å². The van der Waals surface area contributed by atoms with Crippen molar-refractivity contribution in [3.63, 3.8) is 0 Å². The molecule has 1 aliphatic rings. The number of furan rings is 1. The Balaban J connectivity index is 1.54. The predicted octanol–water partition coefficient (Wildman–Crippen LogP) is 5.03. The first-order chi connectivity index (χ1) is 16.8. The lowest BCUT2D eigenvalue weighted by atomic mass is 10.0. The molecule has 7 nitrogen and oxygen atoms in total. The molecule has 35 heavy (non-hydrogen) atoms. The van der Waals surface area contributed by atoms with Crippen LogP contribution in [0.4, 0.5) is 15.8 Å². The fourth-order valence-electron chi connectivity index (χ4n) is 4.11. The van der Waals surface area contributed by atoms with E-state index in [1.807, 2.05) is 35.2 Å². The summed E-state index contributed by atoms with van der Waals surface area (Å²) >= 11 is 5.70. The fraction of sp³-hybridized carbons (Fsp3) is 0.120. The highest BCUT2D eigenvalue weighted by molar-refractivity contribution is 7.92. The van der Waals surface area contributed by atoms with Gasteiger partial charge in [0.1, 0.15) is 23.4 Å². The minimum absolute atomic E-state index is 0.301. The topological polar surface area (TPSA) is 87.5 Å². The van der Waals surface area contributed by atoms with Gasteiger partial charge in [-0.05, 0) is 85.0 Å². The fourth-order valence-corrected chi connectivity index (χ4v) is 5.02. The van der Waals surface area contributed by atoms with E-state index in [9.17, 15) is 12.8 Å². The molecule has 5 rings (SSSR count). The largest absolute Gasteiger partial charge is 0.459 e. The molecule has 1 saturated heterocycles. The van der Waals surface area contributed by atoms with E-state index in [-0.39, 0.29) is 17.9 Å². The highest BCUT2D eigenvalue weighted by Gasteiger charge is 2.42. The molecule has 10 heteroatoms. The number of nitrogens with zero attached hydrogens (tertiary/aromatic N) is 2. The molecular weight excluding hydrogens is 487 g/mol. The maximum absolute atomic E-state index is 13.4. The van der Waals surface area contributed by atoms with Crippen LogP contribution in [0.25, 0.3) is 11.3 Å². The molecule has 2 atom stereocenters. The van der Waals surface area contributed by atoms with Gasteiger partial charge in [0, 0.05) is 23.1 Å². The number of hydrogen-bond acceptors (Lipinski definition) is 5. The van der Waals surface area contributed by atoms with E-state index in [0.29, 0.717) is 22.3 Å². The first-order valence-corrected chi connectivity index (χ1v) is 13.0. The van der Waals surface area contributed by atoms with Crippen molar-refractivity contribution in [1.29, 1.82) is 0 Å². The number of halogens is 1. The number of rotatable bonds is 6. The van der Waals surface area contributed by atoms with Crippen LogP contribution < -0.4 is 14.9 Å². The quantitative estimate of drug-likeness (QED) is 0.353. The minimum Gasteiger partial charge on any atom is -0.459 e. The summed E-state index contributed by atoms with van der Waals surface area (Å²) in [5.41, 5.74) is 2.74. The molecular formula is C25H21FN4O3S2. The third-order valence-corrected chi connectivity index (χ3v) is 6.51. The van der Waals surface area contributed by atoms with E-state index in [4.69, 9.17) is 16.6 Å². The zero-order valence-corrected chi connectivity index (χ0v) is 20.2. The van der Waals surface area contributed by atoms with Gasteiger partial charge in [-0.15, -0.1) is 0 Å². The number of benzene rings is 2. The van der Waals surface area contributed by atoms with Crippen molar-refractivity contribution in [3.05, 3.63) is 102 Å². The zero-order valence-electron chi connectivity index (χ0n) is 18.6. The van der Waals surface area contributed by atoms with Crippen LogP contribution in [0.3, 0.4) is 0 Å². The third kappa shape index (κ3) is 4.89. The second-order valence-corrected chi connectivity index (χ2v) is 10.3. The first kappa shape index (κ1) is 23.0. The van der Waals surface area contributed by atoms with Gasteiger partial charge >= 0.3 is 0 Å². The van der Waals surface area contributed by atoms with Crippen LogP contribution in [0.2, 0.25) is 0 Å². The highest BCUT2D eigenvalue weighted by Crippen LogP contribution is 2.43. The average Bonchev–Trinajstić information content (AvgIpc) is 3.44. The van der Waals surface area contributed by atoms with Crippen molar-refractivity contribution < 1.29 is 17.2 Å². The van der Waals surface area contributed by atoms with Crippen molar-refractivity contribution in [2.45, 2.75) is 12.1 Å². The minimum atomic E-state index is -3.39.